The van der Waals surface area contributed by atoms with Crippen molar-refractivity contribution in [3.63, 3.8) is 0 Å². The molecular formula is C46H28N4S. The molecule has 0 spiro atoms. The number of fused-ring (bicyclic) bond motifs is 7. The predicted octanol–water partition coefficient (Wildman–Crippen LogP) is 12.3. The van der Waals surface area contributed by atoms with Gasteiger partial charge in [0.1, 0.15) is 0 Å². The molecule has 0 atom stereocenters. The second-order valence-corrected chi connectivity index (χ2v) is 13.7. The average molecular weight is 669 g/mol. The summed E-state index contributed by atoms with van der Waals surface area (Å²) in [6.07, 6.45) is 0. The van der Waals surface area contributed by atoms with Crippen molar-refractivity contribution in [1.29, 1.82) is 0 Å². The zero-order chi connectivity index (χ0) is 33.7. The minimum atomic E-state index is 0.627. The topological polar surface area (TPSA) is 51.6 Å². The van der Waals surface area contributed by atoms with Gasteiger partial charge in [0, 0.05) is 48.5 Å². The Morgan fingerprint density at radius 2 is 0.824 bits per heavy atom. The highest BCUT2D eigenvalue weighted by Crippen LogP contribution is 2.44. The summed E-state index contributed by atoms with van der Waals surface area (Å²) in [5.74, 6) is 1.90. The number of hydrogen-bond acceptors (Lipinski definition) is 5. The van der Waals surface area contributed by atoms with Gasteiger partial charge in [-0.1, -0.05) is 164 Å². The fraction of sp³-hybridized carbons (Fsp3) is 0. The lowest BCUT2D eigenvalue weighted by Gasteiger charge is -2.11. The highest BCUT2D eigenvalue weighted by atomic mass is 32.1. The molecule has 51 heavy (non-hydrogen) atoms. The molecule has 0 bridgehead atoms. The van der Waals surface area contributed by atoms with Crippen molar-refractivity contribution in [2.24, 2.45) is 0 Å². The van der Waals surface area contributed by atoms with Crippen LogP contribution >= 0.6 is 11.3 Å². The van der Waals surface area contributed by atoms with Crippen molar-refractivity contribution in [3.05, 3.63) is 170 Å². The maximum absolute atomic E-state index is 5.41. The van der Waals surface area contributed by atoms with Crippen LogP contribution < -0.4 is 0 Å². The van der Waals surface area contributed by atoms with Crippen LogP contribution in [-0.4, -0.2) is 19.9 Å². The third-order valence-electron chi connectivity index (χ3n) is 9.54. The molecule has 3 aromatic heterocycles. The number of nitrogens with zero attached hydrogens (tertiary/aromatic N) is 4. The van der Waals surface area contributed by atoms with Gasteiger partial charge in [-0.2, -0.15) is 0 Å². The summed E-state index contributed by atoms with van der Waals surface area (Å²) in [6.45, 7) is 0. The van der Waals surface area contributed by atoms with Crippen LogP contribution in [0.15, 0.2) is 170 Å². The van der Waals surface area contributed by atoms with E-state index in [2.05, 4.69) is 133 Å². The first-order chi connectivity index (χ1) is 25.3. The normalized spacial score (nSPS) is 11.5. The summed E-state index contributed by atoms with van der Waals surface area (Å²) in [5, 5.41) is 6.06. The molecule has 0 amide bonds. The molecule has 4 nitrogen and oxygen atoms in total. The Kier molecular flexibility index (Phi) is 6.96. The summed E-state index contributed by atoms with van der Waals surface area (Å²) in [4.78, 5) is 20.4. The third kappa shape index (κ3) is 5.14. The molecule has 0 aliphatic carbocycles. The molecule has 0 radical (unpaired) electrons. The van der Waals surface area contributed by atoms with Crippen LogP contribution in [0.25, 0.3) is 98.4 Å². The van der Waals surface area contributed by atoms with E-state index >= 15 is 0 Å². The second-order valence-electron chi connectivity index (χ2n) is 12.6. The molecule has 5 heteroatoms. The van der Waals surface area contributed by atoms with E-state index in [4.69, 9.17) is 19.9 Å². The number of thiophene rings is 1. The van der Waals surface area contributed by atoms with E-state index in [1.54, 1.807) is 0 Å². The van der Waals surface area contributed by atoms with Gasteiger partial charge in [-0.25, -0.2) is 19.9 Å². The van der Waals surface area contributed by atoms with Crippen molar-refractivity contribution in [1.82, 2.24) is 19.9 Å². The minimum absolute atomic E-state index is 0.627. The maximum atomic E-state index is 5.41. The van der Waals surface area contributed by atoms with Gasteiger partial charge >= 0.3 is 0 Å². The average Bonchev–Trinajstić information content (AvgIpc) is 3.61. The quantitative estimate of drug-likeness (QED) is 0.171. The molecule has 7 aromatic carbocycles. The van der Waals surface area contributed by atoms with E-state index in [9.17, 15) is 0 Å². The zero-order valence-corrected chi connectivity index (χ0v) is 28.2. The van der Waals surface area contributed by atoms with Gasteiger partial charge in [0.15, 0.2) is 17.5 Å². The number of aromatic nitrogens is 4. The van der Waals surface area contributed by atoms with Gasteiger partial charge in [-0.15, -0.1) is 11.3 Å². The molecule has 0 N–H and O–H groups in total. The fourth-order valence-corrected chi connectivity index (χ4v) is 8.21. The van der Waals surface area contributed by atoms with Gasteiger partial charge in [-0.05, 0) is 22.6 Å². The van der Waals surface area contributed by atoms with E-state index in [-0.39, 0.29) is 0 Å². The van der Waals surface area contributed by atoms with E-state index in [0.29, 0.717) is 17.5 Å². The first kappa shape index (κ1) is 29.4. The SMILES string of the molecule is c1ccc(-c2ccc(-c3nc(-c4ccccc4)nc(-c4ccc(-c5nc6c7ccccc7ccc6c6c5sc5ccccc56)cc4)n3)cc2)cc1. The van der Waals surface area contributed by atoms with Gasteiger partial charge in [0.2, 0.25) is 0 Å². The summed E-state index contributed by atoms with van der Waals surface area (Å²) in [6, 6.07) is 59.1. The maximum Gasteiger partial charge on any atom is 0.164 e. The van der Waals surface area contributed by atoms with Crippen LogP contribution in [-0.2, 0) is 0 Å². The number of pyridine rings is 1. The molecule has 238 valence electrons. The molecule has 0 aliphatic heterocycles. The van der Waals surface area contributed by atoms with E-state index in [1.807, 2.05) is 47.7 Å². The summed E-state index contributed by atoms with van der Waals surface area (Å²) in [5.41, 5.74) is 8.19. The summed E-state index contributed by atoms with van der Waals surface area (Å²) >= 11 is 1.81. The summed E-state index contributed by atoms with van der Waals surface area (Å²) < 4.78 is 2.45. The number of hydrogen-bond donors (Lipinski definition) is 0. The Bertz CT molecular complexity index is 2880. The molecule has 0 saturated heterocycles. The predicted molar refractivity (Wildman–Crippen MR) is 213 cm³/mol. The van der Waals surface area contributed by atoms with Crippen LogP contribution in [0.4, 0.5) is 0 Å². The first-order valence-corrected chi connectivity index (χ1v) is 17.8. The van der Waals surface area contributed by atoms with Crippen molar-refractivity contribution < 1.29 is 0 Å². The molecule has 0 fully saturated rings. The lowest BCUT2D eigenvalue weighted by atomic mass is 9.99. The van der Waals surface area contributed by atoms with Gasteiger partial charge in [0.25, 0.3) is 0 Å². The Balaban J connectivity index is 1.11. The Labute approximate surface area is 298 Å². The summed E-state index contributed by atoms with van der Waals surface area (Å²) in [7, 11) is 0. The minimum Gasteiger partial charge on any atom is -0.246 e. The van der Waals surface area contributed by atoms with Gasteiger partial charge < -0.3 is 0 Å². The van der Waals surface area contributed by atoms with Crippen molar-refractivity contribution in [2.75, 3.05) is 0 Å². The Morgan fingerprint density at radius 3 is 1.49 bits per heavy atom. The molecule has 0 saturated carbocycles. The second kappa shape index (κ2) is 12.1. The fourth-order valence-electron chi connectivity index (χ4n) is 6.99. The Hall–Kier alpha value is -6.56. The first-order valence-electron chi connectivity index (χ1n) is 17.0. The highest BCUT2D eigenvalue weighted by Gasteiger charge is 2.18. The van der Waals surface area contributed by atoms with E-state index in [0.717, 1.165) is 44.4 Å². The lowest BCUT2D eigenvalue weighted by Crippen LogP contribution is -2.00. The van der Waals surface area contributed by atoms with Gasteiger partial charge in [0.05, 0.1) is 15.9 Å². The smallest absolute Gasteiger partial charge is 0.164 e. The highest BCUT2D eigenvalue weighted by molar-refractivity contribution is 7.26. The van der Waals surface area contributed by atoms with Crippen LogP contribution in [0.1, 0.15) is 0 Å². The van der Waals surface area contributed by atoms with E-state index in [1.165, 1.54) is 36.5 Å². The number of rotatable bonds is 5. The zero-order valence-electron chi connectivity index (χ0n) is 27.4. The monoisotopic (exact) mass is 668 g/mol. The van der Waals surface area contributed by atoms with Crippen LogP contribution in [0.2, 0.25) is 0 Å². The molecule has 10 aromatic rings. The molecule has 0 unspecified atom stereocenters. The van der Waals surface area contributed by atoms with Crippen molar-refractivity contribution in [2.45, 2.75) is 0 Å². The number of benzene rings is 7. The third-order valence-corrected chi connectivity index (χ3v) is 10.7. The van der Waals surface area contributed by atoms with Gasteiger partial charge in [-0.3, -0.25) is 0 Å². The van der Waals surface area contributed by atoms with Crippen molar-refractivity contribution >= 4 is 53.2 Å². The standard InChI is InChI=1S/C46H28N4S/c1-3-11-29(12-4-1)30-19-23-34(24-20-30)45-48-44(33-14-5-2-6-15-33)49-46(50-45)35-25-21-32(22-26-35)41-43-40(37-17-9-10-18-39(37)51-43)38-28-27-31-13-7-8-16-36(31)42(38)47-41/h1-28H. The lowest BCUT2D eigenvalue weighted by molar-refractivity contribution is 1.07. The molecule has 0 aliphatic rings. The van der Waals surface area contributed by atoms with E-state index < -0.39 is 0 Å². The molecule has 10 rings (SSSR count). The van der Waals surface area contributed by atoms with Crippen LogP contribution in [0.5, 0.6) is 0 Å². The largest absolute Gasteiger partial charge is 0.246 e. The molecular weight excluding hydrogens is 641 g/mol. The molecule has 3 heterocycles. The Morgan fingerprint density at radius 1 is 0.333 bits per heavy atom. The van der Waals surface area contributed by atoms with Crippen LogP contribution in [0, 0.1) is 0 Å². The van der Waals surface area contributed by atoms with Crippen molar-refractivity contribution in [3.8, 4) is 56.5 Å². The van der Waals surface area contributed by atoms with Crippen LogP contribution in [0.3, 0.4) is 0 Å².